The fourth-order valence-corrected chi connectivity index (χ4v) is 1.89. The fourth-order valence-electron chi connectivity index (χ4n) is 1.89. The Morgan fingerprint density at radius 3 is 2.75 bits per heavy atom. The van der Waals surface area contributed by atoms with Crippen molar-refractivity contribution >= 4 is 11.4 Å². The summed E-state index contributed by atoms with van der Waals surface area (Å²) in [6.07, 6.45) is -0.952. The molecule has 2 heterocycles. The van der Waals surface area contributed by atoms with Gasteiger partial charge in [-0.2, -0.15) is 13.2 Å². The summed E-state index contributed by atoms with van der Waals surface area (Å²) in [5.41, 5.74) is 1.72. The maximum atomic E-state index is 12.0. The Balaban J connectivity index is 2.02. The number of halogens is 3. The predicted molar refractivity (Wildman–Crippen MR) is 66.7 cm³/mol. The lowest BCUT2D eigenvalue weighted by Crippen LogP contribution is -2.37. The van der Waals surface area contributed by atoms with Gasteiger partial charge < -0.3 is 14.5 Å². The molecule has 1 amide bonds. The number of ether oxygens (including phenoxy) is 1. The second-order valence-electron chi connectivity index (χ2n) is 4.21. The first-order chi connectivity index (χ1) is 9.41. The van der Waals surface area contributed by atoms with E-state index in [0.717, 1.165) is 11.1 Å². The van der Waals surface area contributed by atoms with Crippen LogP contribution in [-0.4, -0.2) is 30.1 Å². The second-order valence-corrected chi connectivity index (χ2v) is 4.21. The van der Waals surface area contributed by atoms with Crippen molar-refractivity contribution in [2.24, 2.45) is 0 Å². The molecule has 0 unspecified atom stereocenters. The monoisotopic (exact) mass is 286 g/mol. The van der Waals surface area contributed by atoms with Gasteiger partial charge >= 0.3 is 12.1 Å². The quantitative estimate of drug-likeness (QED) is 0.936. The Kier molecular flexibility index (Phi) is 3.87. The van der Waals surface area contributed by atoms with Crippen molar-refractivity contribution in [3.63, 3.8) is 0 Å². The number of aromatic nitrogens is 1. The van der Waals surface area contributed by atoms with E-state index in [9.17, 15) is 18.0 Å². The normalized spacial score (nSPS) is 11.6. The molecule has 0 aliphatic carbocycles. The zero-order valence-corrected chi connectivity index (χ0v) is 10.7. The van der Waals surface area contributed by atoms with E-state index in [1.165, 1.54) is 0 Å². The molecule has 7 heteroatoms. The number of rotatable bonds is 4. The van der Waals surface area contributed by atoms with Gasteiger partial charge in [0.05, 0.1) is 13.3 Å². The van der Waals surface area contributed by atoms with Gasteiger partial charge in [-0.1, -0.05) is 0 Å². The highest BCUT2D eigenvalue weighted by Crippen LogP contribution is 2.18. The molecule has 0 saturated heterocycles. The largest absolute Gasteiger partial charge is 0.495 e. The highest BCUT2D eigenvalue weighted by atomic mass is 19.4. The van der Waals surface area contributed by atoms with Crippen LogP contribution in [0.2, 0.25) is 0 Å². The lowest BCUT2D eigenvalue weighted by atomic mass is 10.2. The molecule has 0 spiro atoms. The van der Waals surface area contributed by atoms with Gasteiger partial charge in [0.15, 0.2) is 0 Å². The minimum Gasteiger partial charge on any atom is -0.495 e. The van der Waals surface area contributed by atoms with Crippen LogP contribution in [0.15, 0.2) is 30.6 Å². The van der Waals surface area contributed by atoms with Crippen LogP contribution >= 0.6 is 0 Å². The van der Waals surface area contributed by atoms with Gasteiger partial charge in [0.2, 0.25) is 0 Å². The third kappa shape index (κ3) is 3.04. The number of pyridine rings is 1. The third-order valence-corrected chi connectivity index (χ3v) is 2.89. The molecule has 1 N–H and O–H groups in total. The first-order valence-electron chi connectivity index (χ1n) is 5.90. The Morgan fingerprint density at radius 1 is 1.35 bits per heavy atom. The van der Waals surface area contributed by atoms with Crippen LogP contribution in [0.4, 0.5) is 13.2 Å². The summed E-state index contributed by atoms with van der Waals surface area (Å²) in [4.78, 5) is 10.7. The summed E-state index contributed by atoms with van der Waals surface area (Å²) in [6.45, 7) is -0.0654. The average Bonchev–Trinajstić information content (AvgIpc) is 2.80. The molecule has 0 bridgehead atoms. The number of nitrogens with zero attached hydrogens (tertiary/aromatic N) is 1. The third-order valence-electron chi connectivity index (χ3n) is 2.89. The molecule has 0 radical (unpaired) electrons. The number of amides is 1. The second kappa shape index (κ2) is 5.44. The Bertz CT molecular complexity index is 620. The van der Waals surface area contributed by atoms with E-state index in [-0.39, 0.29) is 6.54 Å². The molecular formula is C13H13F3N2O2. The number of carbonyl (C=O) groups is 1. The number of fused-ring (bicyclic) bond motifs is 1. The van der Waals surface area contributed by atoms with Crippen LogP contribution in [0.3, 0.4) is 0 Å². The Hall–Kier alpha value is -2.18. The van der Waals surface area contributed by atoms with E-state index in [4.69, 9.17) is 4.74 Å². The molecule has 0 aliphatic rings. The van der Waals surface area contributed by atoms with E-state index in [1.807, 2.05) is 15.8 Å². The molecule has 2 aromatic heterocycles. The van der Waals surface area contributed by atoms with Gasteiger partial charge in [0.25, 0.3) is 0 Å². The van der Waals surface area contributed by atoms with Crippen molar-refractivity contribution in [1.82, 2.24) is 9.72 Å². The smallest absolute Gasteiger partial charge is 0.471 e. The summed E-state index contributed by atoms with van der Waals surface area (Å²) < 4.78 is 43.0. The number of methoxy groups -OCH3 is 1. The topological polar surface area (TPSA) is 42.7 Å². The van der Waals surface area contributed by atoms with Crippen molar-refractivity contribution in [2.45, 2.75) is 12.6 Å². The zero-order chi connectivity index (χ0) is 14.8. The zero-order valence-electron chi connectivity index (χ0n) is 10.7. The Morgan fingerprint density at radius 2 is 2.10 bits per heavy atom. The standard InChI is InChI=1S/C13H13F3N2O2/c1-20-10-2-3-11-9(5-7-18(11)8-10)4-6-17-12(19)13(14,15)16/h2-3,5,7-8H,4,6H2,1H3,(H,17,19). The Labute approximate surface area is 113 Å². The maximum absolute atomic E-state index is 12.0. The van der Waals surface area contributed by atoms with Crippen molar-refractivity contribution in [1.29, 1.82) is 0 Å². The maximum Gasteiger partial charge on any atom is 0.471 e. The highest BCUT2D eigenvalue weighted by molar-refractivity contribution is 5.81. The van der Waals surface area contributed by atoms with E-state index >= 15 is 0 Å². The molecule has 0 atom stereocenters. The van der Waals surface area contributed by atoms with Crippen LogP contribution in [0.1, 0.15) is 5.56 Å². The molecule has 4 nitrogen and oxygen atoms in total. The van der Waals surface area contributed by atoms with Gasteiger partial charge in [0.1, 0.15) is 5.75 Å². The number of nitrogens with one attached hydrogen (secondary N) is 1. The summed E-state index contributed by atoms with van der Waals surface area (Å²) in [5.74, 6) is -1.23. The lowest BCUT2D eigenvalue weighted by molar-refractivity contribution is -0.173. The first kappa shape index (κ1) is 14.2. The molecule has 0 fully saturated rings. The van der Waals surface area contributed by atoms with Crippen LogP contribution in [0.5, 0.6) is 5.75 Å². The molecule has 108 valence electrons. The molecule has 2 rings (SSSR count). The van der Waals surface area contributed by atoms with Gasteiger partial charge in [-0.3, -0.25) is 4.79 Å². The predicted octanol–water partition coefficient (Wildman–Crippen LogP) is 2.17. The van der Waals surface area contributed by atoms with E-state index < -0.39 is 12.1 Å². The van der Waals surface area contributed by atoms with Crippen LogP contribution < -0.4 is 10.1 Å². The van der Waals surface area contributed by atoms with Crippen molar-refractivity contribution in [2.75, 3.05) is 13.7 Å². The first-order valence-corrected chi connectivity index (χ1v) is 5.90. The van der Waals surface area contributed by atoms with Crippen LogP contribution in [-0.2, 0) is 11.2 Å². The van der Waals surface area contributed by atoms with Crippen molar-refractivity contribution in [3.05, 3.63) is 36.2 Å². The number of hydrogen-bond donors (Lipinski definition) is 1. The van der Waals surface area contributed by atoms with Crippen molar-refractivity contribution < 1.29 is 22.7 Å². The minimum absolute atomic E-state index is 0.0654. The van der Waals surface area contributed by atoms with Crippen molar-refractivity contribution in [3.8, 4) is 5.75 Å². The molecular weight excluding hydrogens is 273 g/mol. The molecule has 0 aromatic carbocycles. The SMILES string of the molecule is COc1ccc2c(CCNC(=O)C(F)(F)F)ccn2c1. The van der Waals surface area contributed by atoms with Gasteiger partial charge in [-0.15, -0.1) is 0 Å². The molecule has 2 aromatic rings. The number of hydrogen-bond acceptors (Lipinski definition) is 2. The van der Waals surface area contributed by atoms with Gasteiger partial charge in [-0.25, -0.2) is 0 Å². The summed E-state index contributed by atoms with van der Waals surface area (Å²) in [6, 6.07) is 5.39. The average molecular weight is 286 g/mol. The van der Waals surface area contributed by atoms with E-state index in [2.05, 4.69) is 0 Å². The molecule has 20 heavy (non-hydrogen) atoms. The molecule has 0 aliphatic heterocycles. The van der Waals surface area contributed by atoms with Gasteiger partial charge in [0, 0.05) is 18.3 Å². The lowest BCUT2D eigenvalue weighted by Gasteiger charge is -2.07. The fraction of sp³-hybridized carbons (Fsp3) is 0.308. The van der Waals surface area contributed by atoms with Gasteiger partial charge in [-0.05, 0) is 30.2 Å². The number of carbonyl (C=O) groups excluding carboxylic acids is 1. The molecule has 0 saturated carbocycles. The summed E-state index contributed by atoms with van der Waals surface area (Å²) >= 11 is 0. The highest BCUT2D eigenvalue weighted by Gasteiger charge is 2.38. The van der Waals surface area contributed by atoms with Crippen LogP contribution in [0.25, 0.3) is 5.52 Å². The van der Waals surface area contributed by atoms with Crippen LogP contribution in [0, 0.1) is 0 Å². The van der Waals surface area contributed by atoms with E-state index in [0.29, 0.717) is 12.2 Å². The minimum atomic E-state index is -4.84. The summed E-state index contributed by atoms with van der Waals surface area (Å²) in [7, 11) is 1.55. The van der Waals surface area contributed by atoms with E-state index in [1.54, 1.807) is 31.6 Å². The summed E-state index contributed by atoms with van der Waals surface area (Å²) in [5, 5.41) is 1.85. The number of alkyl halides is 3.